The normalized spacial score (nSPS) is 29.7. The van der Waals surface area contributed by atoms with E-state index in [1.54, 1.807) is 22.7 Å². The van der Waals surface area contributed by atoms with Crippen LogP contribution in [0.3, 0.4) is 0 Å². The molecule has 140 valence electrons. The SMILES string of the molecule is CCCCC1CCC(C2COC(c3cc4cc(C#N)sc4s3)OC2)CC1. The lowest BCUT2D eigenvalue weighted by Crippen LogP contribution is -2.34. The molecule has 0 spiro atoms. The highest BCUT2D eigenvalue weighted by Gasteiger charge is 2.32. The Bertz CT molecular complexity index is 727. The molecule has 0 atom stereocenters. The number of nitriles is 1. The van der Waals surface area contributed by atoms with Crippen molar-refractivity contribution >= 4 is 32.1 Å². The van der Waals surface area contributed by atoms with Crippen molar-refractivity contribution in [3.05, 3.63) is 21.9 Å². The molecular weight excluding hydrogens is 362 g/mol. The average molecular weight is 390 g/mol. The van der Waals surface area contributed by atoms with Crippen LogP contribution >= 0.6 is 22.7 Å². The van der Waals surface area contributed by atoms with E-state index in [9.17, 15) is 0 Å². The van der Waals surface area contributed by atoms with Gasteiger partial charge in [0.1, 0.15) is 10.9 Å². The summed E-state index contributed by atoms with van der Waals surface area (Å²) in [5.74, 6) is 2.30. The van der Waals surface area contributed by atoms with Gasteiger partial charge in [-0.05, 0) is 36.8 Å². The average Bonchev–Trinajstić information content (AvgIpc) is 3.26. The Morgan fingerprint density at radius 3 is 2.50 bits per heavy atom. The molecule has 2 aromatic rings. The second kappa shape index (κ2) is 8.39. The molecule has 3 heterocycles. The number of thiophene rings is 2. The zero-order chi connectivity index (χ0) is 17.9. The fourth-order valence-electron chi connectivity index (χ4n) is 4.43. The van der Waals surface area contributed by atoms with Crippen LogP contribution in [0.2, 0.25) is 0 Å². The van der Waals surface area contributed by atoms with E-state index in [-0.39, 0.29) is 6.29 Å². The highest BCUT2D eigenvalue weighted by atomic mass is 32.2. The van der Waals surface area contributed by atoms with Crippen LogP contribution in [-0.4, -0.2) is 13.2 Å². The van der Waals surface area contributed by atoms with Crippen molar-refractivity contribution in [3.8, 4) is 6.07 Å². The Balaban J connectivity index is 1.28. The van der Waals surface area contributed by atoms with Crippen molar-refractivity contribution in [1.29, 1.82) is 5.26 Å². The van der Waals surface area contributed by atoms with Crippen LogP contribution < -0.4 is 0 Å². The van der Waals surface area contributed by atoms with Gasteiger partial charge in [0.2, 0.25) is 0 Å². The van der Waals surface area contributed by atoms with Gasteiger partial charge in [-0.3, -0.25) is 0 Å². The van der Waals surface area contributed by atoms with Gasteiger partial charge in [0, 0.05) is 11.3 Å². The molecule has 3 nitrogen and oxygen atoms in total. The number of ether oxygens (including phenoxy) is 2. The molecule has 1 saturated heterocycles. The van der Waals surface area contributed by atoms with E-state index < -0.39 is 0 Å². The molecule has 4 rings (SSSR count). The summed E-state index contributed by atoms with van der Waals surface area (Å²) in [4.78, 5) is 1.91. The minimum atomic E-state index is -0.220. The van der Waals surface area contributed by atoms with Crippen LogP contribution in [0.15, 0.2) is 12.1 Å². The van der Waals surface area contributed by atoms with Gasteiger partial charge in [-0.1, -0.05) is 39.0 Å². The van der Waals surface area contributed by atoms with Crippen LogP contribution in [0.5, 0.6) is 0 Å². The minimum Gasteiger partial charge on any atom is -0.347 e. The molecule has 2 fully saturated rings. The Morgan fingerprint density at radius 2 is 1.85 bits per heavy atom. The predicted molar refractivity (Wildman–Crippen MR) is 108 cm³/mol. The highest BCUT2D eigenvalue weighted by molar-refractivity contribution is 7.38. The summed E-state index contributed by atoms with van der Waals surface area (Å²) in [5, 5.41) is 10.1. The third-order valence-corrected chi connectivity index (χ3v) is 8.34. The zero-order valence-corrected chi connectivity index (χ0v) is 17.0. The molecule has 0 radical (unpaired) electrons. The van der Waals surface area contributed by atoms with E-state index in [0.717, 1.165) is 40.2 Å². The molecule has 1 aliphatic heterocycles. The molecule has 0 bridgehead atoms. The zero-order valence-electron chi connectivity index (χ0n) is 15.4. The van der Waals surface area contributed by atoms with Gasteiger partial charge in [-0.15, -0.1) is 22.7 Å². The molecule has 1 saturated carbocycles. The smallest absolute Gasteiger partial charge is 0.193 e. The van der Waals surface area contributed by atoms with Crippen LogP contribution in [0.1, 0.15) is 67.9 Å². The third-order valence-electron chi connectivity index (χ3n) is 6.02. The van der Waals surface area contributed by atoms with Gasteiger partial charge in [0.15, 0.2) is 6.29 Å². The molecular formula is C21H27NO2S2. The summed E-state index contributed by atoms with van der Waals surface area (Å²) in [7, 11) is 0. The van der Waals surface area contributed by atoms with Gasteiger partial charge >= 0.3 is 0 Å². The van der Waals surface area contributed by atoms with Crippen LogP contribution in [-0.2, 0) is 9.47 Å². The van der Waals surface area contributed by atoms with Crippen molar-refractivity contribution in [2.45, 2.75) is 58.2 Å². The standard InChI is InChI=1S/C21H27NO2S2/c1-2-3-4-14-5-7-15(8-6-14)17-12-23-20(24-13-17)19-10-16-9-18(11-22)25-21(16)26-19/h9-10,14-15,17,20H,2-8,12-13H2,1H3. The quantitative estimate of drug-likeness (QED) is 0.586. The number of hydrogen-bond acceptors (Lipinski definition) is 5. The number of hydrogen-bond donors (Lipinski definition) is 0. The first-order chi connectivity index (χ1) is 12.8. The second-order valence-electron chi connectivity index (χ2n) is 7.80. The second-order valence-corrected chi connectivity index (χ2v) is 10.2. The lowest BCUT2D eigenvalue weighted by molar-refractivity contribution is -0.213. The van der Waals surface area contributed by atoms with Gasteiger partial charge in [-0.2, -0.15) is 5.26 Å². The van der Waals surface area contributed by atoms with E-state index >= 15 is 0 Å². The van der Waals surface area contributed by atoms with E-state index in [2.05, 4.69) is 19.1 Å². The Hall–Kier alpha value is -0.930. The summed E-state index contributed by atoms with van der Waals surface area (Å²) in [6.07, 6.45) is 9.41. The van der Waals surface area contributed by atoms with Crippen molar-refractivity contribution in [2.75, 3.05) is 13.2 Å². The van der Waals surface area contributed by atoms with Crippen molar-refractivity contribution < 1.29 is 9.47 Å². The first-order valence-electron chi connectivity index (χ1n) is 9.93. The van der Waals surface area contributed by atoms with Gasteiger partial charge in [0.25, 0.3) is 0 Å². The molecule has 1 aliphatic carbocycles. The largest absolute Gasteiger partial charge is 0.347 e. The summed E-state index contributed by atoms with van der Waals surface area (Å²) in [6.45, 7) is 3.94. The van der Waals surface area contributed by atoms with Crippen molar-refractivity contribution in [1.82, 2.24) is 0 Å². The lowest BCUT2D eigenvalue weighted by atomic mass is 9.75. The summed E-state index contributed by atoms with van der Waals surface area (Å²) in [5.41, 5.74) is 0. The Morgan fingerprint density at radius 1 is 1.08 bits per heavy atom. The molecule has 0 aromatic carbocycles. The maximum atomic E-state index is 9.00. The Labute approximate surface area is 163 Å². The van der Waals surface area contributed by atoms with Gasteiger partial charge in [-0.25, -0.2) is 0 Å². The molecule has 26 heavy (non-hydrogen) atoms. The fraction of sp³-hybridized carbons (Fsp3) is 0.667. The Kier molecular flexibility index (Phi) is 5.95. The summed E-state index contributed by atoms with van der Waals surface area (Å²) < 4.78 is 13.4. The lowest BCUT2D eigenvalue weighted by Gasteiger charge is -2.37. The molecule has 0 unspecified atom stereocenters. The van der Waals surface area contributed by atoms with E-state index in [0.29, 0.717) is 5.92 Å². The first kappa shape index (κ1) is 18.4. The molecule has 0 N–H and O–H groups in total. The van der Waals surface area contributed by atoms with Crippen LogP contribution in [0.25, 0.3) is 9.40 Å². The molecule has 2 aromatic heterocycles. The van der Waals surface area contributed by atoms with Crippen molar-refractivity contribution in [2.24, 2.45) is 17.8 Å². The number of unbranched alkanes of at least 4 members (excludes halogenated alkanes) is 1. The van der Waals surface area contributed by atoms with E-state index in [1.807, 2.05) is 6.07 Å². The van der Waals surface area contributed by atoms with Gasteiger partial charge < -0.3 is 9.47 Å². The van der Waals surface area contributed by atoms with E-state index in [4.69, 9.17) is 14.7 Å². The third kappa shape index (κ3) is 3.99. The molecule has 5 heteroatoms. The maximum Gasteiger partial charge on any atom is 0.193 e. The van der Waals surface area contributed by atoms with Crippen LogP contribution in [0, 0.1) is 29.1 Å². The number of fused-ring (bicyclic) bond motifs is 1. The molecule has 0 amide bonds. The predicted octanol–water partition coefficient (Wildman–Crippen LogP) is 6.49. The fourth-order valence-corrected chi connectivity index (χ4v) is 6.69. The van der Waals surface area contributed by atoms with Gasteiger partial charge in [0.05, 0.1) is 22.1 Å². The monoisotopic (exact) mass is 389 g/mol. The maximum absolute atomic E-state index is 9.00. The topological polar surface area (TPSA) is 42.2 Å². The summed E-state index contributed by atoms with van der Waals surface area (Å²) >= 11 is 3.26. The van der Waals surface area contributed by atoms with Crippen molar-refractivity contribution in [3.63, 3.8) is 0 Å². The van der Waals surface area contributed by atoms with Crippen LogP contribution in [0.4, 0.5) is 0 Å². The first-order valence-corrected chi connectivity index (χ1v) is 11.6. The molecule has 2 aliphatic rings. The highest BCUT2D eigenvalue weighted by Crippen LogP contribution is 2.41. The number of rotatable bonds is 5. The minimum absolute atomic E-state index is 0.220. The van der Waals surface area contributed by atoms with E-state index in [1.165, 1.54) is 49.0 Å². The summed E-state index contributed by atoms with van der Waals surface area (Å²) in [6, 6.07) is 6.31. The number of nitrogens with zero attached hydrogens (tertiary/aromatic N) is 1.